The molecule has 0 radical (unpaired) electrons. The first-order valence-corrected chi connectivity index (χ1v) is 10.6. The van der Waals surface area contributed by atoms with E-state index in [4.69, 9.17) is 16.3 Å². The van der Waals surface area contributed by atoms with Crippen molar-refractivity contribution >= 4 is 62.7 Å². The summed E-state index contributed by atoms with van der Waals surface area (Å²) in [5.41, 5.74) is 2.01. The Morgan fingerprint density at radius 3 is 2.71 bits per heavy atom. The highest BCUT2D eigenvalue weighted by Gasteiger charge is 2.13. The number of carbonyl (C=O) groups excluding carboxylic acids is 3. The molecular formula is C22H20ClN3O4S. The summed E-state index contributed by atoms with van der Waals surface area (Å²) in [6.07, 6.45) is 2.91. The summed E-state index contributed by atoms with van der Waals surface area (Å²) in [5.74, 6) is -1.13. The summed E-state index contributed by atoms with van der Waals surface area (Å²) in [6, 6.07) is 12.4. The number of fused-ring (bicyclic) bond motifs is 1. The molecule has 0 spiro atoms. The standard InChI is InChI=1S/C22H20ClN3O4S/c1-3-30-21(29)13-26-18-10-9-16(24-14(2)27)12-19(18)31-22(26)25-20(28)11-8-15-6-4-5-7-17(15)23/h4-12H,3,13H2,1-2H3,(H,24,27). The van der Waals surface area contributed by atoms with Crippen LogP contribution in [0.2, 0.25) is 5.02 Å². The van der Waals surface area contributed by atoms with Crippen molar-refractivity contribution in [2.45, 2.75) is 20.4 Å². The van der Waals surface area contributed by atoms with Crippen LogP contribution in [0.1, 0.15) is 19.4 Å². The molecule has 31 heavy (non-hydrogen) atoms. The lowest BCUT2D eigenvalue weighted by atomic mass is 10.2. The molecule has 0 aliphatic carbocycles. The van der Waals surface area contributed by atoms with Crippen molar-refractivity contribution in [3.8, 4) is 0 Å². The summed E-state index contributed by atoms with van der Waals surface area (Å²) < 4.78 is 7.43. The van der Waals surface area contributed by atoms with Crippen LogP contribution in [0, 0.1) is 0 Å². The zero-order valence-corrected chi connectivity index (χ0v) is 18.5. The van der Waals surface area contributed by atoms with Crippen LogP contribution >= 0.6 is 22.9 Å². The van der Waals surface area contributed by atoms with Gasteiger partial charge in [0, 0.05) is 23.7 Å². The Balaban J connectivity index is 2.01. The maximum atomic E-state index is 12.5. The highest BCUT2D eigenvalue weighted by atomic mass is 35.5. The smallest absolute Gasteiger partial charge is 0.326 e. The van der Waals surface area contributed by atoms with Crippen molar-refractivity contribution in [1.29, 1.82) is 0 Å². The van der Waals surface area contributed by atoms with Gasteiger partial charge in [0.05, 0.1) is 16.8 Å². The largest absolute Gasteiger partial charge is 0.465 e. The number of nitrogens with one attached hydrogen (secondary N) is 1. The lowest BCUT2D eigenvalue weighted by molar-refractivity contribution is -0.143. The molecule has 0 fully saturated rings. The van der Waals surface area contributed by atoms with Gasteiger partial charge in [0.1, 0.15) is 6.54 Å². The van der Waals surface area contributed by atoms with Gasteiger partial charge in [-0.15, -0.1) is 0 Å². The van der Waals surface area contributed by atoms with Crippen LogP contribution in [0.4, 0.5) is 5.69 Å². The second-order valence-corrected chi connectivity index (χ2v) is 7.86. The Kier molecular flexibility index (Phi) is 7.38. The summed E-state index contributed by atoms with van der Waals surface area (Å²) in [6.45, 7) is 3.31. The lowest BCUT2D eigenvalue weighted by Gasteiger charge is -2.06. The van der Waals surface area contributed by atoms with E-state index in [0.717, 1.165) is 4.70 Å². The van der Waals surface area contributed by atoms with Crippen LogP contribution in [0.15, 0.2) is 53.5 Å². The van der Waals surface area contributed by atoms with Gasteiger partial charge in [0.25, 0.3) is 5.91 Å². The summed E-state index contributed by atoms with van der Waals surface area (Å²) >= 11 is 7.34. The van der Waals surface area contributed by atoms with Crippen molar-refractivity contribution in [3.63, 3.8) is 0 Å². The first kappa shape index (κ1) is 22.5. The number of ether oxygens (including phenoxy) is 1. The zero-order valence-electron chi connectivity index (χ0n) is 16.9. The van der Waals surface area contributed by atoms with Crippen LogP contribution in [0.25, 0.3) is 16.3 Å². The van der Waals surface area contributed by atoms with E-state index in [0.29, 0.717) is 26.6 Å². The zero-order chi connectivity index (χ0) is 22.4. The topological polar surface area (TPSA) is 89.8 Å². The number of hydrogen-bond donors (Lipinski definition) is 1. The van der Waals surface area contributed by atoms with Crippen molar-refractivity contribution in [3.05, 3.63) is 63.9 Å². The summed E-state index contributed by atoms with van der Waals surface area (Å²) in [4.78, 5) is 40.4. The second-order valence-electron chi connectivity index (χ2n) is 6.44. The molecule has 3 rings (SSSR count). The maximum absolute atomic E-state index is 12.5. The van der Waals surface area contributed by atoms with E-state index in [1.54, 1.807) is 54.0 Å². The number of rotatable bonds is 6. The number of esters is 1. The van der Waals surface area contributed by atoms with Gasteiger partial charge in [-0.25, -0.2) is 0 Å². The second kappa shape index (κ2) is 10.2. The van der Waals surface area contributed by atoms with Gasteiger partial charge in [-0.05, 0) is 42.8 Å². The van der Waals surface area contributed by atoms with Crippen molar-refractivity contribution < 1.29 is 19.1 Å². The molecule has 0 atom stereocenters. The third kappa shape index (κ3) is 5.90. The van der Waals surface area contributed by atoms with E-state index in [2.05, 4.69) is 10.3 Å². The third-order valence-corrected chi connectivity index (χ3v) is 5.50. The minimum atomic E-state index is -0.494. The number of nitrogens with zero attached hydrogens (tertiary/aromatic N) is 2. The number of thiazole rings is 1. The molecule has 0 bridgehead atoms. The first-order valence-electron chi connectivity index (χ1n) is 9.45. The van der Waals surface area contributed by atoms with Gasteiger partial charge in [-0.3, -0.25) is 14.4 Å². The van der Waals surface area contributed by atoms with E-state index in [1.807, 2.05) is 6.07 Å². The number of halogens is 1. The predicted octanol–water partition coefficient (Wildman–Crippen LogP) is 4.02. The summed E-state index contributed by atoms with van der Waals surface area (Å²) in [7, 11) is 0. The number of anilines is 1. The van der Waals surface area contributed by atoms with E-state index < -0.39 is 11.9 Å². The van der Waals surface area contributed by atoms with Crippen LogP contribution in [0.5, 0.6) is 0 Å². The number of amides is 2. The van der Waals surface area contributed by atoms with Crippen LogP contribution in [0.3, 0.4) is 0 Å². The molecule has 0 saturated heterocycles. The summed E-state index contributed by atoms with van der Waals surface area (Å²) in [5, 5.41) is 3.24. The average molecular weight is 458 g/mol. The fraction of sp³-hybridized carbons (Fsp3) is 0.182. The van der Waals surface area contributed by atoms with Crippen LogP contribution in [-0.2, 0) is 25.7 Å². The fourth-order valence-electron chi connectivity index (χ4n) is 2.83. The Labute approximate surface area is 187 Å². The van der Waals surface area contributed by atoms with E-state index >= 15 is 0 Å². The number of benzene rings is 2. The Morgan fingerprint density at radius 1 is 1.23 bits per heavy atom. The molecule has 1 N–H and O–H groups in total. The minimum Gasteiger partial charge on any atom is -0.465 e. The van der Waals surface area contributed by atoms with Gasteiger partial charge in [0.2, 0.25) is 5.91 Å². The number of hydrogen-bond acceptors (Lipinski definition) is 5. The SMILES string of the molecule is CCOC(=O)Cn1c(=NC(=O)C=Cc2ccccc2Cl)sc2cc(NC(C)=O)ccc21. The fourth-order valence-corrected chi connectivity index (χ4v) is 4.10. The molecule has 2 aromatic carbocycles. The quantitative estimate of drug-likeness (QED) is 0.447. The van der Waals surface area contributed by atoms with Gasteiger partial charge >= 0.3 is 5.97 Å². The molecule has 3 aromatic rings. The molecule has 1 heterocycles. The Bertz CT molecular complexity index is 1240. The van der Waals surface area contributed by atoms with Gasteiger partial charge in [0.15, 0.2) is 4.80 Å². The van der Waals surface area contributed by atoms with E-state index in [-0.39, 0.29) is 19.1 Å². The molecule has 1 aromatic heterocycles. The van der Waals surface area contributed by atoms with Crippen LogP contribution in [-0.4, -0.2) is 29.0 Å². The molecule has 160 valence electrons. The van der Waals surface area contributed by atoms with Gasteiger partial charge in [-0.2, -0.15) is 4.99 Å². The normalized spacial score (nSPS) is 11.8. The third-order valence-electron chi connectivity index (χ3n) is 4.11. The Morgan fingerprint density at radius 2 is 2.00 bits per heavy atom. The predicted molar refractivity (Wildman–Crippen MR) is 122 cm³/mol. The average Bonchev–Trinajstić information content (AvgIpc) is 3.03. The van der Waals surface area contributed by atoms with Crippen LogP contribution < -0.4 is 10.1 Å². The highest BCUT2D eigenvalue weighted by Crippen LogP contribution is 2.22. The Hall–Kier alpha value is -3.23. The van der Waals surface area contributed by atoms with E-state index in [9.17, 15) is 14.4 Å². The van der Waals surface area contributed by atoms with Crippen molar-refractivity contribution in [2.75, 3.05) is 11.9 Å². The molecular weight excluding hydrogens is 438 g/mol. The molecule has 2 amide bonds. The highest BCUT2D eigenvalue weighted by molar-refractivity contribution is 7.16. The van der Waals surface area contributed by atoms with Crippen molar-refractivity contribution in [1.82, 2.24) is 4.57 Å². The van der Waals surface area contributed by atoms with Gasteiger partial charge in [-0.1, -0.05) is 41.1 Å². The molecule has 0 aliphatic rings. The monoisotopic (exact) mass is 457 g/mol. The van der Waals surface area contributed by atoms with Crippen molar-refractivity contribution in [2.24, 2.45) is 4.99 Å². The molecule has 9 heteroatoms. The minimum absolute atomic E-state index is 0.0896. The first-order chi connectivity index (χ1) is 14.9. The molecule has 7 nitrogen and oxygen atoms in total. The van der Waals surface area contributed by atoms with E-state index in [1.165, 1.54) is 24.3 Å². The molecule has 0 aliphatic heterocycles. The molecule has 0 saturated carbocycles. The lowest BCUT2D eigenvalue weighted by Crippen LogP contribution is -2.22. The van der Waals surface area contributed by atoms with Gasteiger partial charge < -0.3 is 14.6 Å². The number of carbonyl (C=O) groups is 3. The maximum Gasteiger partial charge on any atom is 0.326 e. The molecule has 0 unspecified atom stereocenters. The number of aromatic nitrogens is 1.